The second-order valence-electron chi connectivity index (χ2n) is 8.24. The molecule has 1 saturated carbocycles. The van der Waals surface area contributed by atoms with Crippen molar-refractivity contribution in [3.63, 3.8) is 0 Å². The Morgan fingerprint density at radius 3 is 2.51 bits per heavy atom. The van der Waals surface area contributed by atoms with Crippen LogP contribution < -0.4 is 10.6 Å². The Labute approximate surface area is 213 Å². The number of ether oxygens (including phenoxy) is 1. The summed E-state index contributed by atoms with van der Waals surface area (Å²) in [7, 11) is 0. The lowest BCUT2D eigenvalue weighted by molar-refractivity contribution is -0.117. The minimum atomic E-state index is -0.456. The summed E-state index contributed by atoms with van der Waals surface area (Å²) in [5.41, 5.74) is 2.74. The van der Waals surface area contributed by atoms with E-state index in [4.69, 9.17) is 4.74 Å². The summed E-state index contributed by atoms with van der Waals surface area (Å²) in [6.07, 6.45) is 2.49. The van der Waals surface area contributed by atoms with Crippen LogP contribution in [0.25, 0.3) is 11.1 Å². The predicted molar refractivity (Wildman–Crippen MR) is 142 cm³/mol. The molecule has 8 heteroatoms. The minimum Gasteiger partial charge on any atom is -0.462 e. The van der Waals surface area contributed by atoms with Crippen molar-refractivity contribution in [2.75, 3.05) is 17.2 Å². The third kappa shape index (κ3) is 6.32. The van der Waals surface area contributed by atoms with E-state index in [1.54, 1.807) is 6.92 Å². The Bertz CT molecular complexity index is 1200. The van der Waals surface area contributed by atoms with E-state index in [-0.39, 0.29) is 29.6 Å². The summed E-state index contributed by atoms with van der Waals surface area (Å²) in [5, 5.41) is 7.90. The lowest BCUT2D eigenvalue weighted by Gasteiger charge is -2.16. The lowest BCUT2D eigenvalue weighted by atomic mass is 10.0. The molecular formula is C27H28N2O4S2. The monoisotopic (exact) mass is 508 g/mol. The summed E-state index contributed by atoms with van der Waals surface area (Å²) in [6.45, 7) is 3.96. The molecule has 0 aliphatic heterocycles. The van der Waals surface area contributed by atoms with Crippen LogP contribution in [-0.4, -0.2) is 29.6 Å². The summed E-state index contributed by atoms with van der Waals surface area (Å²) in [6, 6.07) is 17.1. The molecule has 35 heavy (non-hydrogen) atoms. The molecule has 0 spiro atoms. The molecule has 0 radical (unpaired) electrons. The number of carbonyl (C=O) groups is 3. The number of esters is 1. The first-order chi connectivity index (χ1) is 17.0. The fourth-order valence-corrected chi connectivity index (χ4v) is 5.58. The Kier molecular flexibility index (Phi) is 8.25. The number of thioether (sulfide) groups is 1. The van der Waals surface area contributed by atoms with Gasteiger partial charge in [0.25, 0.3) is 0 Å². The van der Waals surface area contributed by atoms with Gasteiger partial charge < -0.3 is 15.4 Å². The first-order valence-electron chi connectivity index (χ1n) is 11.7. The van der Waals surface area contributed by atoms with Gasteiger partial charge in [-0.15, -0.1) is 23.1 Å². The van der Waals surface area contributed by atoms with Gasteiger partial charge in [0.05, 0.1) is 11.9 Å². The number of thiophene rings is 1. The summed E-state index contributed by atoms with van der Waals surface area (Å²) >= 11 is 2.75. The molecule has 6 nitrogen and oxygen atoms in total. The molecule has 3 aromatic rings. The van der Waals surface area contributed by atoms with Crippen LogP contribution in [0.1, 0.15) is 43.5 Å². The number of hydrogen-bond acceptors (Lipinski definition) is 6. The fraction of sp³-hybridized carbons (Fsp3) is 0.296. The fourth-order valence-electron chi connectivity index (χ4n) is 3.60. The Hall–Kier alpha value is -3.10. The molecule has 1 unspecified atom stereocenters. The van der Waals surface area contributed by atoms with E-state index in [1.807, 2.05) is 66.9 Å². The first-order valence-corrected chi connectivity index (χ1v) is 13.5. The average molecular weight is 509 g/mol. The highest BCUT2D eigenvalue weighted by molar-refractivity contribution is 8.00. The molecule has 4 rings (SSSR count). The van der Waals surface area contributed by atoms with Crippen LogP contribution in [0.5, 0.6) is 0 Å². The molecule has 0 bridgehead atoms. The molecule has 2 amide bonds. The standard InChI is InChI=1S/C27H28N2O4S2/c1-3-22(35-20-12-8-11-19(15-20)28-24(30)18-13-14-18)25(31)29-26-23(27(32)33-4-2)21(16-34-26)17-9-6-5-7-10-17/h5-12,15-16,18,22H,3-4,13-14H2,1-2H3,(H,28,30)(H,29,31). The van der Waals surface area contributed by atoms with E-state index in [1.165, 1.54) is 23.1 Å². The van der Waals surface area contributed by atoms with Gasteiger partial charge in [-0.05, 0) is 49.9 Å². The van der Waals surface area contributed by atoms with E-state index in [0.29, 0.717) is 17.0 Å². The lowest BCUT2D eigenvalue weighted by Crippen LogP contribution is -2.25. The van der Waals surface area contributed by atoms with Gasteiger partial charge >= 0.3 is 5.97 Å². The van der Waals surface area contributed by atoms with Gasteiger partial charge in [0, 0.05) is 27.4 Å². The van der Waals surface area contributed by atoms with E-state index >= 15 is 0 Å². The van der Waals surface area contributed by atoms with Crippen molar-refractivity contribution in [3.8, 4) is 11.1 Å². The number of rotatable bonds is 10. The first kappa shape index (κ1) is 25.0. The normalized spacial score (nSPS) is 13.7. The van der Waals surface area contributed by atoms with Gasteiger partial charge in [-0.2, -0.15) is 0 Å². The molecule has 2 aromatic carbocycles. The number of anilines is 2. The van der Waals surface area contributed by atoms with Gasteiger partial charge in [0.1, 0.15) is 10.6 Å². The number of carbonyl (C=O) groups excluding carboxylic acids is 3. The second-order valence-corrected chi connectivity index (χ2v) is 10.4. The molecule has 1 atom stereocenters. The van der Waals surface area contributed by atoms with Crippen molar-refractivity contribution in [2.45, 2.75) is 43.3 Å². The van der Waals surface area contributed by atoms with Crippen LogP contribution in [0.3, 0.4) is 0 Å². The summed E-state index contributed by atoms with van der Waals surface area (Å²) < 4.78 is 5.30. The van der Waals surface area contributed by atoms with Crippen molar-refractivity contribution in [2.24, 2.45) is 5.92 Å². The maximum absolute atomic E-state index is 13.2. The zero-order valence-electron chi connectivity index (χ0n) is 19.7. The minimum absolute atomic E-state index is 0.0512. The van der Waals surface area contributed by atoms with Gasteiger partial charge in [0.15, 0.2) is 0 Å². The molecule has 2 N–H and O–H groups in total. The molecular weight excluding hydrogens is 480 g/mol. The van der Waals surface area contributed by atoms with Gasteiger partial charge in [-0.25, -0.2) is 4.79 Å². The molecule has 1 fully saturated rings. The van der Waals surface area contributed by atoms with Crippen LogP contribution in [0.4, 0.5) is 10.7 Å². The van der Waals surface area contributed by atoms with Gasteiger partial charge in [-0.1, -0.05) is 43.3 Å². The topological polar surface area (TPSA) is 84.5 Å². The third-order valence-electron chi connectivity index (χ3n) is 5.58. The number of amides is 2. The molecule has 0 saturated heterocycles. The van der Waals surface area contributed by atoms with Crippen molar-refractivity contribution in [1.82, 2.24) is 0 Å². The summed E-state index contributed by atoms with van der Waals surface area (Å²) in [5.74, 6) is -0.462. The van der Waals surface area contributed by atoms with Crippen molar-refractivity contribution >= 4 is 51.6 Å². The Morgan fingerprint density at radius 1 is 1.06 bits per heavy atom. The average Bonchev–Trinajstić information content (AvgIpc) is 3.64. The number of hydrogen-bond donors (Lipinski definition) is 2. The highest BCUT2D eigenvalue weighted by Crippen LogP contribution is 2.37. The smallest absolute Gasteiger partial charge is 0.341 e. The highest BCUT2D eigenvalue weighted by atomic mass is 32.2. The van der Waals surface area contributed by atoms with E-state index in [9.17, 15) is 14.4 Å². The summed E-state index contributed by atoms with van der Waals surface area (Å²) in [4.78, 5) is 39.0. The molecule has 1 aromatic heterocycles. The van der Waals surface area contributed by atoms with Crippen molar-refractivity contribution < 1.29 is 19.1 Å². The van der Waals surface area contributed by atoms with Gasteiger partial charge in [-0.3, -0.25) is 9.59 Å². The van der Waals surface area contributed by atoms with Crippen LogP contribution >= 0.6 is 23.1 Å². The number of nitrogens with one attached hydrogen (secondary N) is 2. The van der Waals surface area contributed by atoms with E-state index in [0.717, 1.165) is 34.6 Å². The largest absolute Gasteiger partial charge is 0.462 e. The van der Waals surface area contributed by atoms with Gasteiger partial charge in [0.2, 0.25) is 11.8 Å². The zero-order chi connectivity index (χ0) is 24.8. The molecule has 182 valence electrons. The van der Waals surface area contributed by atoms with Crippen LogP contribution in [0.15, 0.2) is 64.9 Å². The van der Waals surface area contributed by atoms with Crippen LogP contribution in [0, 0.1) is 5.92 Å². The van der Waals surface area contributed by atoms with Crippen LogP contribution in [0.2, 0.25) is 0 Å². The van der Waals surface area contributed by atoms with E-state index < -0.39 is 5.97 Å². The zero-order valence-corrected chi connectivity index (χ0v) is 21.3. The van der Waals surface area contributed by atoms with Crippen molar-refractivity contribution in [1.29, 1.82) is 0 Å². The quantitative estimate of drug-likeness (QED) is 0.243. The second kappa shape index (κ2) is 11.6. The Balaban J connectivity index is 1.50. The molecule has 1 aliphatic rings. The maximum Gasteiger partial charge on any atom is 0.341 e. The molecule has 1 aliphatic carbocycles. The van der Waals surface area contributed by atoms with E-state index in [2.05, 4.69) is 10.6 Å². The van der Waals surface area contributed by atoms with Crippen LogP contribution in [-0.2, 0) is 14.3 Å². The highest BCUT2D eigenvalue weighted by Gasteiger charge is 2.30. The Morgan fingerprint density at radius 2 is 1.83 bits per heavy atom. The number of benzene rings is 2. The predicted octanol–water partition coefficient (Wildman–Crippen LogP) is 6.45. The SMILES string of the molecule is CCOC(=O)c1c(-c2ccccc2)csc1NC(=O)C(CC)Sc1cccc(NC(=O)C2CC2)c1. The molecule has 1 heterocycles. The van der Waals surface area contributed by atoms with Crippen molar-refractivity contribution in [3.05, 3.63) is 65.5 Å². The maximum atomic E-state index is 13.2. The third-order valence-corrected chi connectivity index (χ3v) is 7.84.